The summed E-state index contributed by atoms with van der Waals surface area (Å²) in [5, 5.41) is 0. The highest BCUT2D eigenvalue weighted by Crippen LogP contribution is 2.25. The Labute approximate surface area is 201 Å². The van der Waals surface area contributed by atoms with Crippen molar-refractivity contribution in [2.75, 3.05) is 20.7 Å². The molecule has 8 nitrogen and oxygen atoms in total. The van der Waals surface area contributed by atoms with E-state index in [2.05, 4.69) is 25.8 Å². The molecule has 0 aliphatic rings. The minimum atomic E-state index is -3.57. The van der Waals surface area contributed by atoms with Gasteiger partial charge in [-0.05, 0) is 47.7 Å². The molecule has 0 unspecified atom stereocenters. The molecule has 0 saturated heterocycles. The number of esters is 1. The van der Waals surface area contributed by atoms with E-state index < -0.39 is 16.0 Å². The van der Waals surface area contributed by atoms with Gasteiger partial charge in [-0.15, -0.1) is 0 Å². The van der Waals surface area contributed by atoms with E-state index in [9.17, 15) is 13.2 Å². The molecule has 0 saturated carbocycles. The zero-order valence-electron chi connectivity index (χ0n) is 20.7. The van der Waals surface area contributed by atoms with Crippen LogP contribution in [0.1, 0.15) is 45.5 Å². The summed E-state index contributed by atoms with van der Waals surface area (Å²) in [6.07, 6.45) is 0.845. The van der Waals surface area contributed by atoms with Crippen molar-refractivity contribution < 1.29 is 22.7 Å². The Balaban J connectivity index is 1.70. The summed E-state index contributed by atoms with van der Waals surface area (Å²) in [7, 11) is -0.598. The first kappa shape index (κ1) is 25.7. The van der Waals surface area contributed by atoms with Crippen molar-refractivity contribution in [2.24, 2.45) is 0 Å². The molecule has 0 aliphatic carbocycles. The highest BCUT2D eigenvalue weighted by Gasteiger charge is 2.20. The van der Waals surface area contributed by atoms with Crippen LogP contribution in [0.5, 0.6) is 5.75 Å². The monoisotopic (exact) mass is 487 g/mol. The van der Waals surface area contributed by atoms with Gasteiger partial charge >= 0.3 is 5.97 Å². The molecule has 0 fully saturated rings. The molecule has 9 heteroatoms. The van der Waals surface area contributed by atoms with Crippen molar-refractivity contribution in [3.8, 4) is 5.75 Å². The van der Waals surface area contributed by atoms with Gasteiger partial charge in [0.25, 0.3) is 0 Å². The van der Waals surface area contributed by atoms with Crippen molar-refractivity contribution in [3.05, 3.63) is 53.9 Å². The summed E-state index contributed by atoms with van der Waals surface area (Å²) < 4.78 is 39.0. The second kappa shape index (κ2) is 10.1. The van der Waals surface area contributed by atoms with E-state index in [-0.39, 0.29) is 23.5 Å². The van der Waals surface area contributed by atoms with Gasteiger partial charge in [0.05, 0.1) is 15.9 Å². The molecule has 0 spiro atoms. The van der Waals surface area contributed by atoms with Gasteiger partial charge in [-0.3, -0.25) is 0 Å². The molecule has 0 amide bonds. The van der Waals surface area contributed by atoms with Gasteiger partial charge in [0.1, 0.15) is 18.2 Å². The average Bonchev–Trinajstić information content (AvgIpc) is 3.12. The largest absolute Gasteiger partial charge is 0.482 e. The second-order valence-corrected chi connectivity index (χ2v) is 11.5. The molecule has 0 aliphatic heterocycles. The Morgan fingerprint density at radius 2 is 1.76 bits per heavy atom. The Morgan fingerprint density at radius 3 is 2.35 bits per heavy atom. The molecule has 0 bridgehead atoms. The predicted molar refractivity (Wildman–Crippen MR) is 131 cm³/mol. The molecule has 34 heavy (non-hydrogen) atoms. The van der Waals surface area contributed by atoms with Crippen LogP contribution in [0.3, 0.4) is 0 Å². The maximum atomic E-state index is 12.5. The first-order chi connectivity index (χ1) is 15.9. The van der Waals surface area contributed by atoms with Crippen LogP contribution in [-0.2, 0) is 38.1 Å². The average molecular weight is 488 g/mol. The predicted octanol–water partition coefficient (Wildman–Crippen LogP) is 4.12. The van der Waals surface area contributed by atoms with Crippen LogP contribution in [0.15, 0.2) is 47.4 Å². The first-order valence-electron chi connectivity index (χ1n) is 11.2. The number of ether oxygens (including phenoxy) is 2. The number of carbonyl (C=O) groups is 1. The number of aryl methyl sites for hydroxylation is 1. The zero-order chi connectivity index (χ0) is 25.1. The fourth-order valence-corrected chi connectivity index (χ4v) is 4.42. The Morgan fingerprint density at radius 1 is 1.09 bits per heavy atom. The molecule has 3 aromatic rings. The van der Waals surface area contributed by atoms with Gasteiger partial charge in [0, 0.05) is 20.6 Å². The lowest BCUT2D eigenvalue weighted by molar-refractivity contribution is -0.147. The lowest BCUT2D eigenvalue weighted by Gasteiger charge is -2.19. The SMILES string of the molecule is CCCn1c(COC(=O)COc2ccc(C(C)(C)C)cc2)nc2cc(S(=O)(=O)N(C)C)ccc21. The minimum Gasteiger partial charge on any atom is -0.482 e. The maximum absolute atomic E-state index is 12.5. The van der Waals surface area contributed by atoms with Gasteiger partial charge in [-0.2, -0.15) is 0 Å². The molecule has 0 radical (unpaired) electrons. The second-order valence-electron chi connectivity index (χ2n) is 9.34. The van der Waals surface area contributed by atoms with Gasteiger partial charge < -0.3 is 14.0 Å². The van der Waals surface area contributed by atoms with Crippen molar-refractivity contribution in [3.63, 3.8) is 0 Å². The van der Waals surface area contributed by atoms with E-state index in [1.807, 2.05) is 35.8 Å². The summed E-state index contributed by atoms with van der Waals surface area (Å²) in [4.78, 5) is 17.0. The molecule has 3 rings (SSSR count). The number of fused-ring (bicyclic) bond motifs is 1. The van der Waals surface area contributed by atoms with Crippen molar-refractivity contribution in [2.45, 2.75) is 57.6 Å². The summed E-state index contributed by atoms with van der Waals surface area (Å²) in [5.41, 5.74) is 2.55. The van der Waals surface area contributed by atoms with Crippen LogP contribution in [0.4, 0.5) is 0 Å². The normalized spacial score (nSPS) is 12.3. The standard InChI is InChI=1S/C25H33N3O5S/c1-7-14-28-22-13-12-20(34(30,31)27(5)6)15-21(22)26-23(28)16-33-24(29)17-32-19-10-8-18(9-11-19)25(2,3)4/h8-13,15H,7,14,16-17H2,1-6H3. The van der Waals surface area contributed by atoms with E-state index in [1.54, 1.807) is 18.2 Å². The summed E-state index contributed by atoms with van der Waals surface area (Å²) in [5.74, 6) is 0.641. The van der Waals surface area contributed by atoms with Crippen LogP contribution in [0.2, 0.25) is 0 Å². The molecule has 1 heterocycles. The van der Waals surface area contributed by atoms with Crippen molar-refractivity contribution in [1.82, 2.24) is 13.9 Å². The third-order valence-electron chi connectivity index (χ3n) is 5.46. The number of aromatic nitrogens is 2. The topological polar surface area (TPSA) is 90.7 Å². The summed E-state index contributed by atoms with van der Waals surface area (Å²) >= 11 is 0. The van der Waals surface area contributed by atoms with E-state index in [0.717, 1.165) is 16.2 Å². The van der Waals surface area contributed by atoms with Crippen LogP contribution >= 0.6 is 0 Å². The highest BCUT2D eigenvalue weighted by molar-refractivity contribution is 7.89. The maximum Gasteiger partial charge on any atom is 0.344 e. The van der Waals surface area contributed by atoms with E-state index in [4.69, 9.17) is 9.47 Å². The number of nitrogens with zero attached hydrogens (tertiary/aromatic N) is 3. The first-order valence-corrected chi connectivity index (χ1v) is 12.7. The van der Waals surface area contributed by atoms with Crippen LogP contribution in [-0.4, -0.2) is 48.9 Å². The van der Waals surface area contributed by atoms with Crippen molar-refractivity contribution in [1.29, 1.82) is 0 Å². The highest BCUT2D eigenvalue weighted by atomic mass is 32.2. The lowest BCUT2D eigenvalue weighted by atomic mass is 9.87. The Bertz CT molecular complexity index is 1260. The van der Waals surface area contributed by atoms with Crippen LogP contribution < -0.4 is 4.74 Å². The van der Waals surface area contributed by atoms with Crippen LogP contribution in [0.25, 0.3) is 11.0 Å². The fourth-order valence-electron chi connectivity index (χ4n) is 3.49. The van der Waals surface area contributed by atoms with Crippen molar-refractivity contribution >= 4 is 27.0 Å². The third kappa shape index (κ3) is 5.77. The lowest BCUT2D eigenvalue weighted by Crippen LogP contribution is -2.22. The van der Waals surface area contributed by atoms with Gasteiger partial charge in [0.2, 0.25) is 10.0 Å². The minimum absolute atomic E-state index is 0.0321. The Kier molecular flexibility index (Phi) is 7.67. The Hall–Kier alpha value is -2.91. The number of hydrogen-bond donors (Lipinski definition) is 0. The number of sulfonamides is 1. The number of benzene rings is 2. The summed E-state index contributed by atoms with van der Waals surface area (Å²) in [6, 6.07) is 12.5. The molecule has 0 N–H and O–H groups in total. The molecule has 0 atom stereocenters. The molecule has 2 aromatic carbocycles. The molecule has 1 aromatic heterocycles. The fraction of sp³-hybridized carbons (Fsp3) is 0.440. The van der Waals surface area contributed by atoms with Gasteiger partial charge in [0.15, 0.2) is 6.61 Å². The molecule has 184 valence electrons. The third-order valence-corrected chi connectivity index (χ3v) is 7.27. The smallest absolute Gasteiger partial charge is 0.344 e. The molecular weight excluding hydrogens is 454 g/mol. The van der Waals surface area contributed by atoms with Crippen LogP contribution in [0, 0.1) is 0 Å². The number of rotatable bonds is 9. The number of hydrogen-bond acceptors (Lipinski definition) is 6. The zero-order valence-corrected chi connectivity index (χ0v) is 21.5. The van der Waals surface area contributed by atoms with E-state index >= 15 is 0 Å². The van der Waals surface area contributed by atoms with E-state index in [0.29, 0.717) is 23.6 Å². The number of imidazole rings is 1. The van der Waals surface area contributed by atoms with Gasteiger partial charge in [-0.25, -0.2) is 22.5 Å². The summed E-state index contributed by atoms with van der Waals surface area (Å²) in [6.45, 7) is 8.85. The van der Waals surface area contributed by atoms with Gasteiger partial charge in [-0.1, -0.05) is 39.8 Å². The quantitative estimate of drug-likeness (QED) is 0.422. The number of carbonyl (C=O) groups excluding carboxylic acids is 1. The van der Waals surface area contributed by atoms with E-state index in [1.165, 1.54) is 19.7 Å². The molecular formula is C25H33N3O5S.